The van der Waals surface area contributed by atoms with Crippen LogP contribution in [0.15, 0.2) is 24.3 Å². The van der Waals surface area contributed by atoms with Crippen LogP contribution in [0.5, 0.6) is 0 Å². The largest absolute Gasteiger partial charge is 0.466 e. The van der Waals surface area contributed by atoms with Gasteiger partial charge in [-0.2, -0.15) is 0 Å². The minimum Gasteiger partial charge on any atom is -0.466 e. The zero-order valence-electron chi connectivity index (χ0n) is 20.7. The van der Waals surface area contributed by atoms with Crippen molar-refractivity contribution >= 4 is 17.7 Å². The first-order valence-corrected chi connectivity index (χ1v) is 13.0. The maximum absolute atomic E-state index is 12.5. The Morgan fingerprint density at radius 3 is 2.38 bits per heavy atom. The van der Waals surface area contributed by atoms with Gasteiger partial charge in [0.1, 0.15) is 11.7 Å². The van der Waals surface area contributed by atoms with Gasteiger partial charge in [0.25, 0.3) is 0 Å². The second-order valence-electron chi connectivity index (χ2n) is 9.85. The second-order valence-corrected chi connectivity index (χ2v) is 9.85. The standard InChI is InChI=1S/C27H40O7/c1-3-4-5-6-7-8-9-10-17-31-25(30)19-23-18-24(32-21(2)28)20-27(33-23)16-15-26(34-27)13-11-22(29)12-14-26/h11-14,23-24H,3-10,15-20H2,1-2H3/t23?,24?,27-/m0/s1. The van der Waals surface area contributed by atoms with Crippen molar-refractivity contribution in [2.45, 2.75) is 121 Å². The van der Waals surface area contributed by atoms with Crippen LogP contribution < -0.4 is 0 Å². The van der Waals surface area contributed by atoms with Crippen molar-refractivity contribution in [3.05, 3.63) is 24.3 Å². The molecule has 2 unspecified atom stereocenters. The van der Waals surface area contributed by atoms with E-state index in [0.717, 1.165) is 12.8 Å². The van der Waals surface area contributed by atoms with Crippen LogP contribution in [0.4, 0.5) is 0 Å². The van der Waals surface area contributed by atoms with Crippen LogP contribution in [0.3, 0.4) is 0 Å². The normalized spacial score (nSPS) is 27.4. The predicted molar refractivity (Wildman–Crippen MR) is 127 cm³/mol. The lowest BCUT2D eigenvalue weighted by molar-refractivity contribution is -0.292. The zero-order chi connectivity index (χ0) is 24.4. The third-order valence-corrected chi connectivity index (χ3v) is 6.77. The molecule has 7 heteroatoms. The second kappa shape index (κ2) is 12.6. The highest BCUT2D eigenvalue weighted by atomic mass is 16.7. The Balaban J connectivity index is 1.46. The molecule has 3 atom stereocenters. The van der Waals surface area contributed by atoms with E-state index >= 15 is 0 Å². The highest BCUT2D eigenvalue weighted by molar-refractivity contribution is 6.00. The molecular weight excluding hydrogens is 436 g/mol. The fraction of sp³-hybridized carbons (Fsp3) is 0.741. The molecule has 2 aliphatic heterocycles. The predicted octanol–water partition coefficient (Wildman–Crippen LogP) is 5.11. The van der Waals surface area contributed by atoms with Crippen LogP contribution in [-0.4, -0.2) is 47.9 Å². The molecule has 7 nitrogen and oxygen atoms in total. The molecule has 34 heavy (non-hydrogen) atoms. The van der Waals surface area contributed by atoms with Crippen LogP contribution in [-0.2, 0) is 33.3 Å². The number of hydrogen-bond acceptors (Lipinski definition) is 7. The molecular formula is C27H40O7. The molecule has 0 aromatic rings. The molecule has 0 radical (unpaired) electrons. The van der Waals surface area contributed by atoms with E-state index in [1.807, 2.05) is 0 Å². The molecule has 2 spiro atoms. The summed E-state index contributed by atoms with van der Waals surface area (Å²) in [4.78, 5) is 35.6. The molecule has 1 aliphatic carbocycles. The summed E-state index contributed by atoms with van der Waals surface area (Å²) >= 11 is 0. The molecule has 2 saturated heterocycles. The Hall–Kier alpha value is -1.99. The Morgan fingerprint density at radius 1 is 1.03 bits per heavy atom. The van der Waals surface area contributed by atoms with Crippen molar-refractivity contribution in [2.24, 2.45) is 0 Å². The smallest absolute Gasteiger partial charge is 0.308 e. The van der Waals surface area contributed by atoms with Crippen LogP contribution in [0.1, 0.15) is 97.3 Å². The lowest BCUT2D eigenvalue weighted by atomic mass is 9.91. The van der Waals surface area contributed by atoms with Crippen molar-refractivity contribution in [3.8, 4) is 0 Å². The van der Waals surface area contributed by atoms with Gasteiger partial charge in [0.05, 0.1) is 19.1 Å². The van der Waals surface area contributed by atoms with Crippen LogP contribution in [0.25, 0.3) is 0 Å². The van der Waals surface area contributed by atoms with E-state index in [4.69, 9.17) is 18.9 Å². The Bertz CT molecular complexity index is 755. The highest BCUT2D eigenvalue weighted by Crippen LogP contribution is 2.48. The van der Waals surface area contributed by atoms with E-state index in [1.165, 1.54) is 57.6 Å². The Labute approximate surface area is 203 Å². The SMILES string of the molecule is CCCCCCCCCCOC(=O)CC1CC(OC(C)=O)C[C@@]2(CCC3(C=CC(=O)C=C3)O2)O1. The molecule has 0 amide bonds. The Kier molecular flexibility index (Phi) is 9.89. The maximum Gasteiger partial charge on any atom is 0.308 e. The van der Waals surface area contributed by atoms with Gasteiger partial charge in [-0.3, -0.25) is 14.4 Å². The van der Waals surface area contributed by atoms with Gasteiger partial charge in [0, 0.05) is 26.2 Å². The molecule has 2 heterocycles. The first-order valence-electron chi connectivity index (χ1n) is 13.0. The molecule has 3 rings (SSSR count). The van der Waals surface area contributed by atoms with Crippen molar-refractivity contribution in [1.82, 2.24) is 0 Å². The maximum atomic E-state index is 12.5. The lowest BCUT2D eigenvalue weighted by Gasteiger charge is -2.42. The summed E-state index contributed by atoms with van der Waals surface area (Å²) in [6.07, 6.45) is 17.3. The monoisotopic (exact) mass is 476 g/mol. The number of esters is 2. The van der Waals surface area contributed by atoms with Crippen molar-refractivity contribution in [3.63, 3.8) is 0 Å². The number of rotatable bonds is 12. The minimum absolute atomic E-state index is 0.0744. The van der Waals surface area contributed by atoms with Crippen molar-refractivity contribution < 1.29 is 33.3 Å². The zero-order valence-corrected chi connectivity index (χ0v) is 20.7. The third kappa shape index (κ3) is 8.05. The van der Waals surface area contributed by atoms with Gasteiger partial charge in [-0.15, -0.1) is 0 Å². The number of ether oxygens (including phenoxy) is 4. The number of ketones is 1. The molecule has 0 bridgehead atoms. The molecule has 3 aliphatic rings. The number of carbonyl (C=O) groups excluding carboxylic acids is 3. The van der Waals surface area contributed by atoms with Gasteiger partial charge < -0.3 is 18.9 Å². The summed E-state index contributed by atoms with van der Waals surface area (Å²) in [6, 6.07) is 0. The molecule has 0 saturated carbocycles. The molecule has 0 aromatic carbocycles. The van der Waals surface area contributed by atoms with Gasteiger partial charge in [0.15, 0.2) is 11.6 Å². The fourth-order valence-electron chi connectivity index (χ4n) is 5.09. The average Bonchev–Trinajstić information content (AvgIpc) is 3.11. The van der Waals surface area contributed by atoms with E-state index in [0.29, 0.717) is 32.3 Å². The van der Waals surface area contributed by atoms with E-state index in [2.05, 4.69) is 6.92 Å². The van der Waals surface area contributed by atoms with E-state index in [-0.39, 0.29) is 24.1 Å². The number of unbranched alkanes of at least 4 members (excludes halogenated alkanes) is 7. The number of allylic oxidation sites excluding steroid dienone is 2. The quantitative estimate of drug-likeness (QED) is 0.286. The lowest BCUT2D eigenvalue weighted by Crippen LogP contribution is -2.49. The van der Waals surface area contributed by atoms with Gasteiger partial charge in [-0.1, -0.05) is 51.9 Å². The summed E-state index contributed by atoms with van der Waals surface area (Å²) in [7, 11) is 0. The van der Waals surface area contributed by atoms with Gasteiger partial charge in [-0.05, 0) is 37.1 Å². The van der Waals surface area contributed by atoms with Gasteiger partial charge in [0.2, 0.25) is 0 Å². The summed E-state index contributed by atoms with van der Waals surface area (Å²) in [5.74, 6) is -1.71. The van der Waals surface area contributed by atoms with E-state index in [9.17, 15) is 14.4 Å². The summed E-state index contributed by atoms with van der Waals surface area (Å²) in [6.45, 7) is 4.02. The van der Waals surface area contributed by atoms with Gasteiger partial charge in [-0.25, -0.2) is 0 Å². The third-order valence-electron chi connectivity index (χ3n) is 6.77. The summed E-state index contributed by atoms with van der Waals surface area (Å²) < 4.78 is 23.6. The Morgan fingerprint density at radius 2 is 1.71 bits per heavy atom. The summed E-state index contributed by atoms with van der Waals surface area (Å²) in [5.41, 5.74) is -0.701. The van der Waals surface area contributed by atoms with Crippen molar-refractivity contribution in [2.75, 3.05) is 6.61 Å². The minimum atomic E-state index is -0.962. The first kappa shape index (κ1) is 26.6. The highest BCUT2D eigenvalue weighted by Gasteiger charge is 2.53. The van der Waals surface area contributed by atoms with Gasteiger partial charge >= 0.3 is 11.9 Å². The van der Waals surface area contributed by atoms with Crippen molar-refractivity contribution in [1.29, 1.82) is 0 Å². The van der Waals surface area contributed by atoms with Crippen LogP contribution in [0, 0.1) is 0 Å². The average molecular weight is 477 g/mol. The molecule has 2 fully saturated rings. The molecule has 190 valence electrons. The van der Waals surface area contributed by atoms with E-state index < -0.39 is 23.6 Å². The van der Waals surface area contributed by atoms with Crippen LogP contribution >= 0.6 is 0 Å². The fourth-order valence-corrected chi connectivity index (χ4v) is 5.09. The topological polar surface area (TPSA) is 88.1 Å². The molecule has 0 N–H and O–H groups in total. The van der Waals surface area contributed by atoms with Crippen LogP contribution in [0.2, 0.25) is 0 Å². The number of hydrogen-bond donors (Lipinski definition) is 0. The number of carbonyl (C=O) groups is 3. The first-order chi connectivity index (χ1) is 16.3. The molecule has 0 aromatic heterocycles. The van der Waals surface area contributed by atoms with E-state index in [1.54, 1.807) is 12.2 Å². The summed E-state index contributed by atoms with van der Waals surface area (Å²) in [5, 5.41) is 0.